The van der Waals surface area contributed by atoms with Crippen molar-refractivity contribution >= 4 is 24.4 Å². The normalized spacial score (nSPS) is 16.7. The van der Waals surface area contributed by atoms with Crippen molar-refractivity contribution in [2.75, 3.05) is 26.2 Å². The highest BCUT2D eigenvalue weighted by Gasteiger charge is 2.15. The Labute approximate surface area is 99.6 Å². The van der Waals surface area contributed by atoms with Crippen molar-refractivity contribution in [3.63, 3.8) is 0 Å². The number of carbonyl (C=O) groups is 1. The minimum Gasteiger partial charge on any atom is -0.390 e. The molecule has 92 valence electrons. The van der Waals surface area contributed by atoms with E-state index >= 15 is 0 Å². The summed E-state index contributed by atoms with van der Waals surface area (Å²) in [5.41, 5.74) is 5.04. The molecule has 0 aromatic rings. The summed E-state index contributed by atoms with van der Waals surface area (Å²) in [6.45, 7) is 2.51. The molecular weight excluding hydrogens is 220 g/mol. The van der Waals surface area contributed by atoms with E-state index < -0.39 is 0 Å². The molecule has 0 atom stereocenters. The number of amides is 1. The average molecular weight is 236 g/mol. The lowest BCUT2D eigenvalue weighted by atomic mass is 10.3. The van der Waals surface area contributed by atoms with Gasteiger partial charge in [-0.1, -0.05) is 0 Å². The summed E-state index contributed by atoms with van der Waals surface area (Å²) < 4.78 is 0. The Balaban J connectivity index is 2.44. The van der Waals surface area contributed by atoms with Crippen LogP contribution in [0.25, 0.3) is 0 Å². The number of amidine groups is 2. The van der Waals surface area contributed by atoms with Gasteiger partial charge in [0, 0.05) is 26.2 Å². The molecule has 0 spiro atoms. The largest absolute Gasteiger partial charge is 0.390 e. The topological polar surface area (TPSA) is 110 Å². The van der Waals surface area contributed by atoms with Gasteiger partial charge in [-0.2, -0.15) is 0 Å². The summed E-state index contributed by atoms with van der Waals surface area (Å²) in [6.07, 6.45) is 4.78. The van der Waals surface area contributed by atoms with Gasteiger partial charge in [0.2, 0.25) is 6.41 Å². The zero-order chi connectivity index (χ0) is 12.7. The first-order valence-corrected chi connectivity index (χ1v) is 5.21. The first-order valence-electron chi connectivity index (χ1n) is 5.21. The molecule has 0 bridgehead atoms. The molecule has 1 aliphatic rings. The van der Waals surface area contributed by atoms with E-state index in [4.69, 9.17) is 16.6 Å². The molecule has 0 radical (unpaired) electrons. The molecule has 1 amide bonds. The fourth-order valence-electron chi connectivity index (χ4n) is 1.45. The van der Waals surface area contributed by atoms with Gasteiger partial charge in [-0.05, 0) is 12.2 Å². The number of aliphatic imine (C=N–C) groups is 1. The minimum atomic E-state index is 0.00350. The number of piperazine rings is 1. The fourth-order valence-corrected chi connectivity index (χ4v) is 1.45. The quantitative estimate of drug-likeness (QED) is 0.341. The predicted octanol–water partition coefficient (Wildman–Crippen LogP) is -0.742. The van der Waals surface area contributed by atoms with Gasteiger partial charge in [-0.3, -0.25) is 15.6 Å². The molecule has 1 rings (SSSR count). The summed E-state index contributed by atoms with van der Waals surface area (Å²) in [5.74, 6) is 0.316. The van der Waals surface area contributed by atoms with E-state index in [1.54, 1.807) is 4.90 Å². The van der Waals surface area contributed by atoms with Gasteiger partial charge in [0.1, 0.15) is 11.7 Å². The number of hydrogen-bond donors (Lipinski definition) is 3. The van der Waals surface area contributed by atoms with Gasteiger partial charge in [-0.25, -0.2) is 4.99 Å². The van der Waals surface area contributed by atoms with Crippen molar-refractivity contribution in [3.8, 4) is 0 Å². The Morgan fingerprint density at radius 1 is 1.18 bits per heavy atom. The second-order valence-corrected chi connectivity index (χ2v) is 3.51. The van der Waals surface area contributed by atoms with Crippen LogP contribution in [0.4, 0.5) is 0 Å². The lowest BCUT2D eigenvalue weighted by Gasteiger charge is -2.33. The van der Waals surface area contributed by atoms with Crippen LogP contribution in [0, 0.1) is 10.8 Å². The van der Waals surface area contributed by atoms with Gasteiger partial charge in [0.05, 0.1) is 6.34 Å². The van der Waals surface area contributed by atoms with E-state index in [1.165, 1.54) is 12.2 Å². The third-order valence-electron chi connectivity index (χ3n) is 2.42. The van der Waals surface area contributed by atoms with Crippen LogP contribution in [0.5, 0.6) is 0 Å². The van der Waals surface area contributed by atoms with E-state index in [0.29, 0.717) is 32.0 Å². The zero-order valence-electron chi connectivity index (χ0n) is 9.47. The predicted molar refractivity (Wildman–Crippen MR) is 66.5 cm³/mol. The van der Waals surface area contributed by atoms with E-state index in [2.05, 4.69) is 4.99 Å². The van der Waals surface area contributed by atoms with Crippen LogP contribution in [0.15, 0.2) is 17.1 Å². The Morgan fingerprint density at radius 2 is 1.82 bits per heavy atom. The molecule has 0 aliphatic carbocycles. The second-order valence-electron chi connectivity index (χ2n) is 3.51. The molecule has 0 aromatic heterocycles. The number of carbonyl (C=O) groups excluding carboxylic acids is 1. The molecule has 0 saturated carbocycles. The Morgan fingerprint density at radius 3 is 2.35 bits per heavy atom. The van der Waals surface area contributed by atoms with Crippen molar-refractivity contribution in [2.45, 2.75) is 0 Å². The van der Waals surface area contributed by atoms with Gasteiger partial charge in [-0.15, -0.1) is 0 Å². The molecule has 0 aromatic carbocycles. The van der Waals surface area contributed by atoms with Crippen LogP contribution in [-0.4, -0.2) is 60.4 Å². The molecule has 1 fully saturated rings. The lowest BCUT2D eigenvalue weighted by molar-refractivity contribution is -0.119. The van der Waals surface area contributed by atoms with Crippen molar-refractivity contribution < 1.29 is 4.79 Å². The molecule has 1 aliphatic heterocycles. The highest BCUT2D eigenvalue weighted by atomic mass is 16.1. The van der Waals surface area contributed by atoms with Gasteiger partial charge in [0.25, 0.3) is 0 Å². The van der Waals surface area contributed by atoms with E-state index in [0.717, 1.165) is 12.7 Å². The molecule has 0 unspecified atom stereocenters. The van der Waals surface area contributed by atoms with Gasteiger partial charge in [0.15, 0.2) is 0 Å². The fraction of sp³-hybridized carbons (Fsp3) is 0.400. The molecule has 7 heteroatoms. The maximum atomic E-state index is 10.5. The van der Waals surface area contributed by atoms with Crippen molar-refractivity contribution in [3.05, 3.63) is 12.2 Å². The SMILES string of the molecule is N=C(/C=C\C(=N)N1CCN(C=O)CC1)N=CN. The van der Waals surface area contributed by atoms with Gasteiger partial charge >= 0.3 is 0 Å². The average Bonchev–Trinajstić information content (AvgIpc) is 2.36. The Bertz CT molecular complexity index is 354. The Hall–Kier alpha value is -2.18. The molecule has 17 heavy (non-hydrogen) atoms. The van der Waals surface area contributed by atoms with Crippen molar-refractivity contribution in [1.29, 1.82) is 10.8 Å². The highest BCUT2D eigenvalue weighted by Crippen LogP contribution is 2.01. The third-order valence-corrected chi connectivity index (χ3v) is 2.42. The number of nitrogens with two attached hydrogens (primary N) is 1. The van der Waals surface area contributed by atoms with Gasteiger partial charge < -0.3 is 15.5 Å². The summed E-state index contributed by atoms with van der Waals surface area (Å²) >= 11 is 0. The maximum absolute atomic E-state index is 10.5. The number of rotatable bonds is 3. The monoisotopic (exact) mass is 236 g/mol. The molecular formula is C10H16N6O. The second kappa shape index (κ2) is 6.41. The number of nitrogens with zero attached hydrogens (tertiary/aromatic N) is 3. The molecule has 7 nitrogen and oxygen atoms in total. The van der Waals surface area contributed by atoms with Crippen LogP contribution >= 0.6 is 0 Å². The minimum absolute atomic E-state index is 0.00350. The molecule has 4 N–H and O–H groups in total. The van der Waals surface area contributed by atoms with Crippen LogP contribution in [0.2, 0.25) is 0 Å². The summed E-state index contributed by atoms with van der Waals surface area (Å²) in [5, 5.41) is 15.1. The van der Waals surface area contributed by atoms with Crippen LogP contribution < -0.4 is 5.73 Å². The van der Waals surface area contributed by atoms with Crippen LogP contribution in [-0.2, 0) is 4.79 Å². The first kappa shape index (κ1) is 12.9. The smallest absolute Gasteiger partial charge is 0.209 e. The standard InChI is InChI=1S/C10H16N6O/c11-7-14-9(12)1-2-10(13)16-5-3-15(8-17)4-6-16/h1-2,7-8,13H,3-6H2,(H3,11,12,14)/b2-1-,13-10?. The summed E-state index contributed by atoms with van der Waals surface area (Å²) in [6, 6.07) is 0. The first-order chi connectivity index (χ1) is 8.17. The third kappa shape index (κ3) is 4.06. The van der Waals surface area contributed by atoms with E-state index in [-0.39, 0.29) is 5.84 Å². The van der Waals surface area contributed by atoms with E-state index in [9.17, 15) is 4.79 Å². The molecule has 1 saturated heterocycles. The maximum Gasteiger partial charge on any atom is 0.209 e. The van der Waals surface area contributed by atoms with E-state index in [1.807, 2.05) is 4.90 Å². The van der Waals surface area contributed by atoms with Crippen LogP contribution in [0.1, 0.15) is 0 Å². The Kier molecular flexibility index (Phi) is 4.86. The lowest BCUT2D eigenvalue weighted by Crippen LogP contribution is -2.47. The van der Waals surface area contributed by atoms with Crippen molar-refractivity contribution in [1.82, 2.24) is 9.80 Å². The molecule has 1 heterocycles. The number of hydrogen-bond acceptors (Lipinski definition) is 3. The zero-order valence-corrected chi connectivity index (χ0v) is 9.47. The summed E-state index contributed by atoms with van der Waals surface area (Å²) in [7, 11) is 0. The highest BCUT2D eigenvalue weighted by molar-refractivity contribution is 6.01. The van der Waals surface area contributed by atoms with Crippen molar-refractivity contribution in [2.24, 2.45) is 10.7 Å². The van der Waals surface area contributed by atoms with Crippen LogP contribution in [0.3, 0.4) is 0 Å². The number of nitrogens with one attached hydrogen (secondary N) is 2. The summed E-state index contributed by atoms with van der Waals surface area (Å²) in [4.78, 5) is 17.6.